The van der Waals surface area contributed by atoms with Gasteiger partial charge in [0.25, 0.3) is 0 Å². The van der Waals surface area contributed by atoms with Crippen LogP contribution in [0.2, 0.25) is 0 Å². The van der Waals surface area contributed by atoms with Crippen LogP contribution in [0, 0.1) is 13.8 Å². The van der Waals surface area contributed by atoms with E-state index in [0.29, 0.717) is 12.1 Å². The molecule has 1 aliphatic rings. The van der Waals surface area contributed by atoms with Gasteiger partial charge in [-0.05, 0) is 42.2 Å². The number of nitrogens with zero attached hydrogens (tertiary/aromatic N) is 1. The maximum atomic E-state index is 14.0. The van der Waals surface area contributed by atoms with Crippen LogP contribution in [0.15, 0.2) is 83.8 Å². The lowest BCUT2D eigenvalue weighted by molar-refractivity contribution is 0.286. The Morgan fingerprint density at radius 3 is 2.15 bits per heavy atom. The number of benzene rings is 3. The van der Waals surface area contributed by atoms with E-state index in [9.17, 15) is 16.8 Å². The first-order valence-corrected chi connectivity index (χ1v) is 14.5. The summed E-state index contributed by atoms with van der Waals surface area (Å²) in [4.78, 5) is 0.217. The topological polar surface area (TPSA) is 83.6 Å². The summed E-state index contributed by atoms with van der Waals surface area (Å²) in [6.45, 7) is 4.17. The van der Waals surface area contributed by atoms with Gasteiger partial charge >= 0.3 is 0 Å². The van der Waals surface area contributed by atoms with Crippen molar-refractivity contribution in [3.63, 3.8) is 0 Å². The molecule has 1 fully saturated rings. The molecule has 0 radical (unpaired) electrons. The first-order chi connectivity index (χ1) is 16.2. The number of sulfone groups is 1. The van der Waals surface area contributed by atoms with Crippen molar-refractivity contribution in [2.24, 2.45) is 0 Å². The van der Waals surface area contributed by atoms with Crippen molar-refractivity contribution in [2.75, 3.05) is 11.5 Å². The largest absolute Gasteiger partial charge is 0.307 e. The van der Waals surface area contributed by atoms with Crippen LogP contribution in [-0.4, -0.2) is 44.7 Å². The van der Waals surface area contributed by atoms with Gasteiger partial charge in [-0.25, -0.2) is 16.8 Å². The third-order valence-corrected chi connectivity index (χ3v) is 9.94. The number of hydrogen-bond acceptors (Lipinski definition) is 5. The van der Waals surface area contributed by atoms with Gasteiger partial charge in [0.2, 0.25) is 10.0 Å². The lowest BCUT2D eigenvalue weighted by atomic mass is 10.1. The predicted molar refractivity (Wildman–Crippen MR) is 135 cm³/mol. The van der Waals surface area contributed by atoms with Crippen molar-refractivity contribution in [3.05, 3.63) is 101 Å². The van der Waals surface area contributed by atoms with Crippen LogP contribution in [0.4, 0.5) is 0 Å². The van der Waals surface area contributed by atoms with Gasteiger partial charge in [0, 0.05) is 19.1 Å². The molecule has 0 bridgehead atoms. The molecule has 2 atom stereocenters. The van der Waals surface area contributed by atoms with Crippen molar-refractivity contribution in [1.82, 2.24) is 9.62 Å². The Morgan fingerprint density at radius 1 is 0.882 bits per heavy atom. The monoisotopic (exact) mass is 498 g/mol. The Kier molecular flexibility index (Phi) is 7.23. The third kappa shape index (κ3) is 5.58. The lowest BCUT2D eigenvalue weighted by Gasteiger charge is -2.32. The maximum Gasteiger partial charge on any atom is 0.243 e. The highest BCUT2D eigenvalue weighted by molar-refractivity contribution is 7.92. The van der Waals surface area contributed by atoms with Crippen LogP contribution in [0.5, 0.6) is 0 Å². The first kappa shape index (κ1) is 24.6. The highest BCUT2D eigenvalue weighted by Gasteiger charge is 2.45. The van der Waals surface area contributed by atoms with Crippen LogP contribution in [-0.2, 0) is 33.0 Å². The summed E-state index contributed by atoms with van der Waals surface area (Å²) in [5.74, 6) is -0.311. The van der Waals surface area contributed by atoms with Gasteiger partial charge in [0.1, 0.15) is 0 Å². The zero-order chi connectivity index (χ0) is 24.3. The van der Waals surface area contributed by atoms with Gasteiger partial charge in [0.05, 0.1) is 22.4 Å². The number of sulfonamides is 1. The summed E-state index contributed by atoms with van der Waals surface area (Å²) < 4.78 is 54.9. The summed E-state index contributed by atoms with van der Waals surface area (Å²) >= 11 is 0. The minimum Gasteiger partial charge on any atom is -0.307 e. The van der Waals surface area contributed by atoms with Crippen LogP contribution < -0.4 is 5.32 Å². The van der Waals surface area contributed by atoms with E-state index in [2.05, 4.69) is 5.32 Å². The van der Waals surface area contributed by atoms with Crippen molar-refractivity contribution < 1.29 is 16.8 Å². The second kappa shape index (κ2) is 10.00. The Hall–Kier alpha value is -2.52. The molecule has 0 saturated carbocycles. The zero-order valence-electron chi connectivity index (χ0n) is 19.4. The van der Waals surface area contributed by atoms with E-state index >= 15 is 0 Å². The summed E-state index contributed by atoms with van der Waals surface area (Å²) in [5.41, 5.74) is 3.29. The second-order valence-corrected chi connectivity index (χ2v) is 12.9. The van der Waals surface area contributed by atoms with E-state index in [1.54, 1.807) is 19.1 Å². The van der Waals surface area contributed by atoms with Crippen molar-refractivity contribution >= 4 is 19.9 Å². The molecular formula is C26H30N2O4S2. The molecule has 3 aromatic carbocycles. The summed E-state index contributed by atoms with van der Waals surface area (Å²) in [5, 5.41) is 3.33. The van der Waals surface area contributed by atoms with E-state index in [1.807, 2.05) is 73.7 Å². The van der Waals surface area contributed by atoms with Gasteiger partial charge in [-0.2, -0.15) is 4.31 Å². The standard InChI is InChI=1S/C26H30N2O4S2/c1-20-13-14-21(2)26(15-20)34(31,32)28(17-23-11-7-4-8-12-23)25-19-33(29,30)18-24(25)27-16-22-9-5-3-6-10-22/h3-15,24-25,27H,16-19H2,1-2H3/t24-,25+/m0/s1. The molecule has 4 rings (SSSR count). The Balaban J connectivity index is 1.74. The fourth-order valence-corrected chi connectivity index (χ4v) is 8.42. The minimum absolute atomic E-state index is 0.0975. The molecule has 0 aliphatic carbocycles. The van der Waals surface area contributed by atoms with E-state index in [4.69, 9.17) is 0 Å². The zero-order valence-corrected chi connectivity index (χ0v) is 21.0. The molecule has 8 heteroatoms. The molecule has 1 saturated heterocycles. The summed E-state index contributed by atoms with van der Waals surface area (Å²) in [7, 11) is -7.39. The van der Waals surface area contributed by atoms with E-state index < -0.39 is 31.9 Å². The average molecular weight is 499 g/mol. The molecule has 0 spiro atoms. The van der Waals surface area contributed by atoms with E-state index in [0.717, 1.165) is 16.7 Å². The molecular weight excluding hydrogens is 468 g/mol. The van der Waals surface area contributed by atoms with Crippen LogP contribution in [0.25, 0.3) is 0 Å². The normalized spacial score (nSPS) is 20.0. The fraction of sp³-hybridized carbons (Fsp3) is 0.308. The number of rotatable bonds is 8. The van der Waals surface area contributed by atoms with Gasteiger partial charge in [-0.1, -0.05) is 72.8 Å². The molecule has 1 aliphatic heterocycles. The van der Waals surface area contributed by atoms with Gasteiger partial charge < -0.3 is 5.32 Å². The molecule has 0 unspecified atom stereocenters. The predicted octanol–water partition coefficient (Wildman–Crippen LogP) is 3.45. The smallest absolute Gasteiger partial charge is 0.243 e. The highest BCUT2D eigenvalue weighted by atomic mass is 32.2. The molecule has 34 heavy (non-hydrogen) atoms. The first-order valence-electron chi connectivity index (χ1n) is 11.3. The molecule has 3 aromatic rings. The Bertz CT molecular complexity index is 1340. The van der Waals surface area contributed by atoms with E-state index in [-0.39, 0.29) is 22.9 Å². The SMILES string of the molecule is Cc1ccc(C)c(S(=O)(=O)N(Cc2ccccc2)[C@@H]2CS(=O)(=O)C[C@@H]2NCc2ccccc2)c1. The second-order valence-electron chi connectivity index (χ2n) is 8.92. The van der Waals surface area contributed by atoms with Crippen molar-refractivity contribution in [2.45, 2.75) is 43.9 Å². The molecule has 0 amide bonds. The van der Waals surface area contributed by atoms with Crippen molar-refractivity contribution in [3.8, 4) is 0 Å². The van der Waals surface area contributed by atoms with Gasteiger partial charge in [-0.15, -0.1) is 0 Å². The number of nitrogens with one attached hydrogen (secondary N) is 1. The maximum absolute atomic E-state index is 14.0. The molecule has 0 aromatic heterocycles. The molecule has 180 valence electrons. The Labute approximate surface area is 202 Å². The van der Waals surface area contributed by atoms with E-state index in [1.165, 1.54) is 4.31 Å². The van der Waals surface area contributed by atoms with Crippen LogP contribution in [0.1, 0.15) is 22.3 Å². The van der Waals surface area contributed by atoms with Crippen LogP contribution in [0.3, 0.4) is 0 Å². The summed E-state index contributed by atoms with van der Waals surface area (Å²) in [6, 6.07) is 23.1. The molecule has 6 nitrogen and oxygen atoms in total. The molecule has 1 N–H and O–H groups in total. The third-order valence-electron chi connectivity index (χ3n) is 6.22. The lowest BCUT2D eigenvalue weighted by Crippen LogP contribution is -2.51. The van der Waals surface area contributed by atoms with Crippen LogP contribution >= 0.6 is 0 Å². The number of aryl methyl sites for hydroxylation is 2. The fourth-order valence-electron chi connectivity index (χ4n) is 4.41. The highest BCUT2D eigenvalue weighted by Crippen LogP contribution is 2.29. The Morgan fingerprint density at radius 2 is 1.50 bits per heavy atom. The summed E-state index contributed by atoms with van der Waals surface area (Å²) in [6.07, 6.45) is 0. The quantitative estimate of drug-likeness (QED) is 0.514. The van der Waals surface area contributed by atoms with Gasteiger partial charge in [-0.3, -0.25) is 0 Å². The van der Waals surface area contributed by atoms with Gasteiger partial charge in [0.15, 0.2) is 9.84 Å². The minimum atomic E-state index is -3.97. The molecule has 1 heterocycles. The van der Waals surface area contributed by atoms with Crippen molar-refractivity contribution in [1.29, 1.82) is 0 Å². The number of hydrogen-bond donors (Lipinski definition) is 1. The average Bonchev–Trinajstić information content (AvgIpc) is 3.12.